The van der Waals surface area contributed by atoms with Gasteiger partial charge in [0.1, 0.15) is 17.7 Å². The van der Waals surface area contributed by atoms with Crippen molar-refractivity contribution in [2.24, 2.45) is 0 Å². The summed E-state index contributed by atoms with van der Waals surface area (Å²) in [5, 5.41) is 14.4. The fraction of sp³-hybridized carbons (Fsp3) is 0.308. The molecule has 0 radical (unpaired) electrons. The van der Waals surface area contributed by atoms with E-state index >= 15 is 0 Å². The molecule has 1 heterocycles. The average molecular weight is 331 g/mol. The number of aromatic nitrogens is 2. The van der Waals surface area contributed by atoms with Gasteiger partial charge in [-0.25, -0.2) is 8.78 Å². The summed E-state index contributed by atoms with van der Waals surface area (Å²) < 4.78 is 28.6. The maximum Gasteiger partial charge on any atom is 0.126 e. The highest BCUT2D eigenvalue weighted by molar-refractivity contribution is 9.10. The second-order valence-electron chi connectivity index (χ2n) is 4.21. The van der Waals surface area contributed by atoms with Crippen LogP contribution in [0, 0.1) is 11.6 Å². The first-order valence-electron chi connectivity index (χ1n) is 5.88. The molecule has 0 amide bonds. The molecule has 0 aliphatic carbocycles. The lowest BCUT2D eigenvalue weighted by atomic mass is 10.1. The monoisotopic (exact) mass is 330 g/mol. The fourth-order valence-electron chi connectivity index (χ4n) is 1.92. The van der Waals surface area contributed by atoms with Crippen molar-refractivity contribution in [3.63, 3.8) is 0 Å². The largest absolute Gasteiger partial charge is 0.382 e. The molecule has 6 heteroatoms. The minimum Gasteiger partial charge on any atom is -0.382 e. The van der Waals surface area contributed by atoms with E-state index in [0.29, 0.717) is 16.7 Å². The number of aryl methyl sites for hydroxylation is 1. The Morgan fingerprint density at radius 2 is 1.95 bits per heavy atom. The van der Waals surface area contributed by atoms with Crippen LogP contribution in [0.4, 0.5) is 8.78 Å². The number of hydrogen-bond acceptors (Lipinski definition) is 2. The molecule has 1 aromatic carbocycles. The van der Waals surface area contributed by atoms with Crippen molar-refractivity contribution in [1.29, 1.82) is 0 Å². The molecule has 2 rings (SSSR count). The summed E-state index contributed by atoms with van der Waals surface area (Å²) in [4.78, 5) is 0. The minimum absolute atomic E-state index is 0.163. The van der Waals surface area contributed by atoms with Gasteiger partial charge in [0.2, 0.25) is 0 Å². The summed E-state index contributed by atoms with van der Waals surface area (Å²) in [5.41, 5.74) is 0.655. The summed E-state index contributed by atoms with van der Waals surface area (Å²) >= 11 is 3.29. The third-order valence-electron chi connectivity index (χ3n) is 2.73. The number of nitrogens with zero attached hydrogens (tertiary/aromatic N) is 2. The molecule has 0 saturated heterocycles. The Bertz CT molecular complexity index is 566. The molecule has 0 spiro atoms. The first kappa shape index (κ1) is 14.1. The van der Waals surface area contributed by atoms with E-state index < -0.39 is 17.7 Å². The quantitative estimate of drug-likeness (QED) is 0.932. The lowest BCUT2D eigenvalue weighted by Crippen LogP contribution is -2.11. The van der Waals surface area contributed by atoms with Crippen molar-refractivity contribution in [1.82, 2.24) is 9.78 Å². The predicted molar refractivity (Wildman–Crippen MR) is 70.6 cm³/mol. The zero-order valence-electron chi connectivity index (χ0n) is 10.3. The van der Waals surface area contributed by atoms with Gasteiger partial charge >= 0.3 is 0 Å². The van der Waals surface area contributed by atoms with Gasteiger partial charge < -0.3 is 5.11 Å². The summed E-state index contributed by atoms with van der Waals surface area (Å²) in [7, 11) is 0. The van der Waals surface area contributed by atoms with Crippen molar-refractivity contribution < 1.29 is 13.9 Å². The Balaban J connectivity index is 2.43. The van der Waals surface area contributed by atoms with Crippen LogP contribution in [0.1, 0.15) is 30.7 Å². The number of halogens is 3. The molecule has 0 fully saturated rings. The lowest BCUT2D eigenvalue weighted by Gasteiger charge is -2.14. The topological polar surface area (TPSA) is 38.0 Å². The van der Waals surface area contributed by atoms with E-state index in [1.54, 1.807) is 10.9 Å². The second-order valence-corrected chi connectivity index (χ2v) is 5.06. The van der Waals surface area contributed by atoms with Gasteiger partial charge in [-0.3, -0.25) is 4.68 Å². The Labute approximate surface area is 118 Å². The first-order valence-corrected chi connectivity index (χ1v) is 6.67. The molecule has 19 heavy (non-hydrogen) atoms. The van der Waals surface area contributed by atoms with Crippen LogP contribution in [0.25, 0.3) is 0 Å². The molecule has 0 bridgehead atoms. The van der Waals surface area contributed by atoms with E-state index in [2.05, 4.69) is 21.0 Å². The lowest BCUT2D eigenvalue weighted by molar-refractivity contribution is 0.205. The molecule has 0 aliphatic rings. The molecule has 2 aromatic rings. The van der Waals surface area contributed by atoms with E-state index in [-0.39, 0.29) is 5.56 Å². The zero-order chi connectivity index (χ0) is 14.0. The molecule has 1 unspecified atom stereocenters. The van der Waals surface area contributed by atoms with E-state index in [9.17, 15) is 13.9 Å². The second kappa shape index (κ2) is 5.79. The minimum atomic E-state index is -1.13. The molecule has 1 N–H and O–H groups in total. The summed E-state index contributed by atoms with van der Waals surface area (Å²) in [6.07, 6.45) is 1.27. The molecule has 1 aromatic heterocycles. The van der Waals surface area contributed by atoms with Crippen LogP contribution in [-0.2, 0) is 6.54 Å². The number of rotatable bonds is 4. The van der Waals surface area contributed by atoms with Crippen molar-refractivity contribution in [2.75, 3.05) is 0 Å². The average Bonchev–Trinajstić information content (AvgIpc) is 2.69. The molecular weight excluding hydrogens is 318 g/mol. The SMILES string of the molecule is CCCn1ncc(Br)c1C(O)c1cc(F)cc(F)c1. The van der Waals surface area contributed by atoms with Crippen LogP contribution in [0.2, 0.25) is 0 Å². The van der Waals surface area contributed by atoms with Gasteiger partial charge in [0.15, 0.2) is 0 Å². The van der Waals surface area contributed by atoms with Crippen molar-refractivity contribution in [3.8, 4) is 0 Å². The number of aliphatic hydroxyl groups excluding tert-OH is 1. The van der Waals surface area contributed by atoms with Crippen molar-refractivity contribution in [2.45, 2.75) is 26.0 Å². The summed E-state index contributed by atoms with van der Waals surface area (Å²) in [5.74, 6) is -1.43. The van der Waals surface area contributed by atoms with E-state index in [1.165, 1.54) is 0 Å². The fourth-order valence-corrected chi connectivity index (χ4v) is 2.44. The summed E-state index contributed by atoms with van der Waals surface area (Å²) in [6, 6.07) is 3.00. The molecule has 0 saturated carbocycles. The molecule has 1 atom stereocenters. The van der Waals surface area contributed by atoms with Gasteiger partial charge in [0, 0.05) is 12.6 Å². The highest BCUT2D eigenvalue weighted by Gasteiger charge is 2.20. The van der Waals surface area contributed by atoms with Crippen LogP contribution in [0.5, 0.6) is 0 Å². The van der Waals surface area contributed by atoms with Crippen molar-refractivity contribution in [3.05, 3.63) is 51.8 Å². The Hall–Kier alpha value is -1.27. The van der Waals surface area contributed by atoms with Crippen LogP contribution in [0.15, 0.2) is 28.9 Å². The maximum absolute atomic E-state index is 13.2. The smallest absolute Gasteiger partial charge is 0.126 e. The highest BCUT2D eigenvalue weighted by atomic mass is 79.9. The van der Waals surface area contributed by atoms with E-state index in [4.69, 9.17) is 0 Å². The van der Waals surface area contributed by atoms with Crippen LogP contribution in [0.3, 0.4) is 0 Å². The molecule has 0 aliphatic heterocycles. The Morgan fingerprint density at radius 3 is 2.53 bits per heavy atom. The van der Waals surface area contributed by atoms with Gasteiger partial charge in [-0.2, -0.15) is 5.10 Å². The number of benzene rings is 1. The van der Waals surface area contributed by atoms with Crippen LogP contribution < -0.4 is 0 Å². The summed E-state index contributed by atoms with van der Waals surface area (Å²) in [6.45, 7) is 2.60. The molecule has 3 nitrogen and oxygen atoms in total. The van der Waals surface area contributed by atoms with Crippen LogP contribution in [-0.4, -0.2) is 14.9 Å². The van der Waals surface area contributed by atoms with Gasteiger partial charge in [-0.1, -0.05) is 6.92 Å². The Morgan fingerprint density at radius 1 is 1.32 bits per heavy atom. The third-order valence-corrected chi connectivity index (χ3v) is 3.34. The number of aliphatic hydroxyl groups is 1. The maximum atomic E-state index is 13.2. The van der Waals surface area contributed by atoms with Gasteiger partial charge in [-0.15, -0.1) is 0 Å². The van der Waals surface area contributed by atoms with E-state index in [1.807, 2.05) is 6.92 Å². The first-order chi connectivity index (χ1) is 9.02. The number of hydrogen-bond donors (Lipinski definition) is 1. The highest BCUT2D eigenvalue weighted by Crippen LogP contribution is 2.29. The standard InChI is InChI=1S/C13H13BrF2N2O/c1-2-3-18-12(11(14)7-17-18)13(19)8-4-9(15)6-10(16)5-8/h4-7,13,19H,2-3H2,1H3. The molecule has 102 valence electrons. The normalized spacial score (nSPS) is 12.7. The third kappa shape index (κ3) is 3.01. The Kier molecular flexibility index (Phi) is 4.31. The predicted octanol–water partition coefficient (Wildman–Crippen LogP) is 3.42. The van der Waals surface area contributed by atoms with Gasteiger partial charge in [-0.05, 0) is 40.0 Å². The van der Waals surface area contributed by atoms with Gasteiger partial charge in [0.05, 0.1) is 16.4 Å². The van der Waals surface area contributed by atoms with Crippen LogP contribution >= 0.6 is 15.9 Å². The zero-order valence-corrected chi connectivity index (χ0v) is 11.9. The van der Waals surface area contributed by atoms with Crippen molar-refractivity contribution >= 4 is 15.9 Å². The van der Waals surface area contributed by atoms with Gasteiger partial charge in [0.25, 0.3) is 0 Å². The van der Waals surface area contributed by atoms with E-state index in [0.717, 1.165) is 24.6 Å². The molecular formula is C13H13BrF2N2O.